The minimum atomic E-state index is -1.45. The minimum absolute atomic E-state index is 0. The van der Waals surface area contributed by atoms with Crippen LogP contribution in [-0.4, -0.2) is 18.0 Å². The molecular weight excluding hydrogens is 359 g/mol. The molecule has 3 rings (SSSR count). The standard InChI is InChI=1S/C19H18N2O5.Na/c1-19(17(23)24,13-5-3-2-4-6-13)10-16(22)20-14-7-8-15-12(9-14)11-26-18(25)21-15;/h2-9H,10-11H2,1H3,(H,20,22)(H,21,25)(H,23,24);/q;+1/p-1. The molecule has 134 valence electrons. The Morgan fingerprint density at radius 2 is 1.93 bits per heavy atom. The smallest absolute Gasteiger partial charge is 0.549 e. The predicted octanol–water partition coefficient (Wildman–Crippen LogP) is -1.21. The summed E-state index contributed by atoms with van der Waals surface area (Å²) in [6.07, 6.45) is -0.800. The van der Waals surface area contributed by atoms with Gasteiger partial charge >= 0.3 is 35.7 Å². The van der Waals surface area contributed by atoms with E-state index in [-0.39, 0.29) is 42.6 Å². The van der Waals surface area contributed by atoms with Gasteiger partial charge in [-0.15, -0.1) is 0 Å². The maximum atomic E-state index is 12.4. The summed E-state index contributed by atoms with van der Waals surface area (Å²) in [5.41, 5.74) is 0.867. The maximum Gasteiger partial charge on any atom is 1.00 e. The van der Waals surface area contributed by atoms with Crippen LogP contribution in [-0.2, 0) is 26.3 Å². The molecule has 0 saturated carbocycles. The van der Waals surface area contributed by atoms with Gasteiger partial charge in [-0.3, -0.25) is 10.1 Å². The molecule has 0 bridgehead atoms. The Morgan fingerprint density at radius 3 is 2.59 bits per heavy atom. The average molecular weight is 376 g/mol. The number of carbonyl (C=O) groups is 3. The van der Waals surface area contributed by atoms with Crippen molar-refractivity contribution in [3.05, 3.63) is 59.7 Å². The van der Waals surface area contributed by atoms with Crippen LogP contribution in [0.5, 0.6) is 0 Å². The number of nitrogens with one attached hydrogen (secondary N) is 2. The number of cyclic esters (lactones) is 1. The maximum absolute atomic E-state index is 12.4. The number of carboxylic acid groups (broad SMARTS) is 1. The number of ether oxygens (including phenoxy) is 1. The van der Waals surface area contributed by atoms with Gasteiger partial charge in [0, 0.05) is 23.1 Å². The van der Waals surface area contributed by atoms with Gasteiger partial charge in [0.1, 0.15) is 6.61 Å². The second kappa shape index (κ2) is 8.56. The first-order chi connectivity index (χ1) is 12.4. The van der Waals surface area contributed by atoms with Gasteiger partial charge < -0.3 is 20.0 Å². The number of amides is 2. The van der Waals surface area contributed by atoms with Crippen molar-refractivity contribution < 1.29 is 53.8 Å². The van der Waals surface area contributed by atoms with Gasteiger partial charge in [0.05, 0.1) is 11.7 Å². The number of hydrogen-bond donors (Lipinski definition) is 2. The minimum Gasteiger partial charge on any atom is -0.549 e. The molecule has 0 aromatic heterocycles. The van der Waals surface area contributed by atoms with Crippen LogP contribution in [0.15, 0.2) is 48.5 Å². The zero-order valence-electron chi connectivity index (χ0n) is 15.1. The Hall–Kier alpha value is -2.35. The normalized spacial score (nSPS) is 14.5. The van der Waals surface area contributed by atoms with Gasteiger partial charge in [0.15, 0.2) is 0 Å². The van der Waals surface area contributed by atoms with Gasteiger partial charge in [-0.05, 0) is 30.7 Å². The van der Waals surface area contributed by atoms with Crippen LogP contribution in [0.2, 0.25) is 0 Å². The van der Waals surface area contributed by atoms with Crippen molar-refractivity contribution in [3.8, 4) is 0 Å². The van der Waals surface area contributed by atoms with E-state index in [1.807, 2.05) is 0 Å². The molecule has 1 aliphatic rings. The van der Waals surface area contributed by atoms with Crippen LogP contribution in [0, 0.1) is 0 Å². The number of anilines is 2. The Labute approximate surface area is 178 Å². The SMILES string of the molecule is CC(CC(=O)Nc1ccc2c(c1)COC(=O)N2)(C(=O)[O-])c1ccccc1.[Na+]. The molecule has 0 spiro atoms. The summed E-state index contributed by atoms with van der Waals surface area (Å²) < 4.78 is 4.89. The Balaban J connectivity index is 0.00000261. The summed E-state index contributed by atoms with van der Waals surface area (Å²) in [5, 5.41) is 16.9. The van der Waals surface area contributed by atoms with E-state index in [0.717, 1.165) is 0 Å². The first-order valence-electron chi connectivity index (χ1n) is 8.02. The van der Waals surface area contributed by atoms with E-state index in [1.54, 1.807) is 48.5 Å². The number of rotatable bonds is 5. The van der Waals surface area contributed by atoms with Crippen molar-refractivity contribution in [1.29, 1.82) is 0 Å². The van der Waals surface area contributed by atoms with Gasteiger partial charge in [0.2, 0.25) is 5.91 Å². The number of hydrogen-bond acceptors (Lipinski definition) is 5. The van der Waals surface area contributed by atoms with Crippen LogP contribution in [0.25, 0.3) is 0 Å². The molecule has 1 atom stereocenters. The van der Waals surface area contributed by atoms with E-state index in [4.69, 9.17) is 4.74 Å². The van der Waals surface area contributed by atoms with Gasteiger partial charge in [-0.25, -0.2) is 4.79 Å². The van der Waals surface area contributed by atoms with Gasteiger partial charge in [0.25, 0.3) is 0 Å². The van der Waals surface area contributed by atoms with Crippen molar-refractivity contribution in [1.82, 2.24) is 0 Å². The Bertz CT molecular complexity index is 872. The summed E-state index contributed by atoms with van der Waals surface area (Å²) in [5.74, 6) is -1.78. The monoisotopic (exact) mass is 376 g/mol. The molecule has 1 unspecified atom stereocenters. The summed E-state index contributed by atoms with van der Waals surface area (Å²) >= 11 is 0. The number of carbonyl (C=O) groups excluding carboxylic acids is 3. The molecule has 2 N–H and O–H groups in total. The molecule has 0 radical (unpaired) electrons. The molecule has 8 heteroatoms. The third-order valence-electron chi connectivity index (χ3n) is 4.36. The molecule has 0 aliphatic carbocycles. The van der Waals surface area contributed by atoms with Crippen LogP contribution in [0.3, 0.4) is 0 Å². The second-order valence-electron chi connectivity index (χ2n) is 6.28. The number of aliphatic carboxylic acids is 1. The third kappa shape index (κ3) is 4.68. The fourth-order valence-electron chi connectivity index (χ4n) is 2.83. The third-order valence-corrected chi connectivity index (χ3v) is 4.36. The first kappa shape index (κ1) is 21.0. The zero-order chi connectivity index (χ0) is 18.7. The number of carboxylic acids is 1. The van der Waals surface area contributed by atoms with Crippen molar-refractivity contribution in [2.24, 2.45) is 0 Å². The molecule has 27 heavy (non-hydrogen) atoms. The average Bonchev–Trinajstić information content (AvgIpc) is 2.62. The van der Waals surface area contributed by atoms with E-state index in [9.17, 15) is 19.5 Å². The Morgan fingerprint density at radius 1 is 1.22 bits per heavy atom. The number of fused-ring (bicyclic) bond motifs is 1. The zero-order valence-corrected chi connectivity index (χ0v) is 17.1. The molecule has 0 saturated heterocycles. The molecule has 1 heterocycles. The van der Waals surface area contributed by atoms with E-state index < -0.39 is 23.4 Å². The van der Waals surface area contributed by atoms with Crippen LogP contribution in [0.1, 0.15) is 24.5 Å². The fourth-order valence-corrected chi connectivity index (χ4v) is 2.83. The van der Waals surface area contributed by atoms with Crippen LogP contribution < -0.4 is 45.3 Å². The van der Waals surface area contributed by atoms with E-state index >= 15 is 0 Å². The molecule has 1 aliphatic heterocycles. The van der Waals surface area contributed by atoms with Crippen molar-refractivity contribution in [2.75, 3.05) is 10.6 Å². The predicted molar refractivity (Wildman–Crippen MR) is 92.3 cm³/mol. The first-order valence-corrected chi connectivity index (χ1v) is 8.02. The van der Waals surface area contributed by atoms with Crippen molar-refractivity contribution in [2.45, 2.75) is 25.4 Å². The van der Waals surface area contributed by atoms with E-state index in [1.165, 1.54) is 6.92 Å². The number of benzene rings is 2. The summed E-state index contributed by atoms with van der Waals surface area (Å²) in [4.78, 5) is 35.3. The second-order valence-corrected chi connectivity index (χ2v) is 6.28. The van der Waals surface area contributed by atoms with Gasteiger partial charge in [-0.2, -0.15) is 0 Å². The molecule has 2 aromatic rings. The largest absolute Gasteiger partial charge is 1.00 e. The summed E-state index contributed by atoms with van der Waals surface area (Å²) in [6, 6.07) is 13.5. The fraction of sp³-hybridized carbons (Fsp3) is 0.211. The molecular formula is C19H17N2NaO5. The molecule has 7 nitrogen and oxygen atoms in total. The summed E-state index contributed by atoms with van der Waals surface area (Å²) in [7, 11) is 0. The van der Waals surface area contributed by atoms with Gasteiger partial charge in [-0.1, -0.05) is 30.3 Å². The van der Waals surface area contributed by atoms with Crippen molar-refractivity contribution >= 4 is 29.3 Å². The Kier molecular flexibility index (Phi) is 6.64. The molecule has 0 fully saturated rings. The summed E-state index contributed by atoms with van der Waals surface area (Å²) in [6.45, 7) is 1.57. The van der Waals surface area contributed by atoms with E-state index in [0.29, 0.717) is 22.5 Å². The van der Waals surface area contributed by atoms with Crippen LogP contribution >= 0.6 is 0 Å². The van der Waals surface area contributed by atoms with Crippen molar-refractivity contribution in [3.63, 3.8) is 0 Å². The topological polar surface area (TPSA) is 108 Å². The van der Waals surface area contributed by atoms with E-state index in [2.05, 4.69) is 10.6 Å². The quantitative estimate of drug-likeness (QED) is 0.637. The molecule has 2 amide bonds. The van der Waals surface area contributed by atoms with Crippen LogP contribution in [0.4, 0.5) is 16.2 Å². The molecule has 2 aromatic carbocycles.